The number of imide groups is 1. The Balaban J connectivity index is 1.82. The van der Waals surface area contributed by atoms with Crippen molar-refractivity contribution in [3.63, 3.8) is 0 Å². The minimum Gasteiger partial charge on any atom is -0.458 e. The van der Waals surface area contributed by atoms with Crippen LogP contribution in [0.25, 0.3) is 0 Å². The second-order valence-corrected chi connectivity index (χ2v) is 5.77. The molecule has 0 aliphatic carbocycles. The van der Waals surface area contributed by atoms with Crippen LogP contribution in [0, 0.1) is 10.1 Å². The third-order valence-electron chi connectivity index (χ3n) is 3.85. The van der Waals surface area contributed by atoms with Crippen LogP contribution in [0.4, 0.5) is 10.5 Å². The quantitative estimate of drug-likeness (QED) is 0.322. The van der Waals surface area contributed by atoms with Crippen molar-refractivity contribution in [1.29, 1.82) is 0 Å². The van der Waals surface area contributed by atoms with Gasteiger partial charge in [0.15, 0.2) is 0 Å². The Hall–Kier alpha value is -2.97. The summed E-state index contributed by atoms with van der Waals surface area (Å²) in [7, 11) is 1.54. The van der Waals surface area contributed by atoms with Gasteiger partial charge in [-0.2, -0.15) is 0 Å². The van der Waals surface area contributed by atoms with Crippen molar-refractivity contribution in [3.8, 4) is 0 Å². The highest BCUT2D eigenvalue weighted by atomic mass is 16.6. The van der Waals surface area contributed by atoms with Gasteiger partial charge in [-0.1, -0.05) is 12.1 Å². The molecule has 9 heteroatoms. The monoisotopic (exact) mass is 349 g/mol. The summed E-state index contributed by atoms with van der Waals surface area (Å²) in [6, 6.07) is 5.51. The van der Waals surface area contributed by atoms with Crippen molar-refractivity contribution in [2.45, 2.75) is 25.9 Å². The first-order chi connectivity index (χ1) is 11.8. The number of carbonyl (C=O) groups excluding carboxylic acids is 3. The van der Waals surface area contributed by atoms with Crippen molar-refractivity contribution >= 4 is 23.6 Å². The van der Waals surface area contributed by atoms with Crippen molar-refractivity contribution in [2.75, 3.05) is 20.1 Å². The molecule has 1 aliphatic heterocycles. The number of benzene rings is 1. The van der Waals surface area contributed by atoms with E-state index in [2.05, 4.69) is 0 Å². The highest BCUT2D eigenvalue weighted by molar-refractivity contribution is 6.01. The molecule has 1 heterocycles. The van der Waals surface area contributed by atoms with Crippen LogP contribution in [-0.2, 0) is 14.3 Å². The van der Waals surface area contributed by atoms with Crippen LogP contribution in [-0.4, -0.2) is 52.8 Å². The molecule has 2 rings (SSSR count). The fourth-order valence-corrected chi connectivity index (χ4v) is 2.49. The van der Waals surface area contributed by atoms with Gasteiger partial charge in [0.1, 0.15) is 12.6 Å². The number of hydrogen-bond acceptors (Lipinski definition) is 6. The van der Waals surface area contributed by atoms with E-state index < -0.39 is 17.0 Å². The maximum Gasteiger partial charge on any atom is 0.326 e. The molecular formula is C16H19N3O6. The Morgan fingerprint density at radius 3 is 2.72 bits per heavy atom. The number of amides is 3. The third kappa shape index (κ3) is 4.52. The lowest BCUT2D eigenvalue weighted by Crippen LogP contribution is -2.32. The van der Waals surface area contributed by atoms with Gasteiger partial charge >= 0.3 is 12.0 Å². The van der Waals surface area contributed by atoms with Gasteiger partial charge in [-0.15, -0.1) is 0 Å². The Morgan fingerprint density at radius 2 is 2.12 bits per heavy atom. The average Bonchev–Trinajstić information content (AvgIpc) is 2.81. The number of non-ortho nitro benzene ring substituents is 1. The summed E-state index contributed by atoms with van der Waals surface area (Å²) in [5.74, 6) is -0.780. The van der Waals surface area contributed by atoms with Gasteiger partial charge in [0.05, 0.1) is 4.92 Å². The molecular weight excluding hydrogens is 330 g/mol. The summed E-state index contributed by atoms with van der Waals surface area (Å²) in [6.45, 7) is 1.83. The van der Waals surface area contributed by atoms with E-state index in [0.717, 1.165) is 4.90 Å². The van der Waals surface area contributed by atoms with E-state index in [9.17, 15) is 24.5 Å². The molecule has 134 valence electrons. The summed E-state index contributed by atoms with van der Waals surface area (Å²) in [4.78, 5) is 47.9. The molecule has 0 spiro atoms. The number of carbonyl (C=O) groups is 3. The number of esters is 1. The number of nitro groups is 1. The second kappa shape index (κ2) is 7.73. The van der Waals surface area contributed by atoms with E-state index >= 15 is 0 Å². The van der Waals surface area contributed by atoms with Crippen molar-refractivity contribution in [1.82, 2.24) is 9.80 Å². The standard InChI is InChI=1S/C16H19N3O6/c1-11(12-5-3-6-13(9-12)19(23)24)25-15(21)7-4-8-18-14(20)10-17(2)16(18)22/h3,5-6,9,11H,4,7-8,10H2,1-2H3/t11-/m1/s1. The maximum absolute atomic E-state index is 11.9. The molecule has 1 atom stereocenters. The molecule has 3 amide bonds. The lowest BCUT2D eigenvalue weighted by atomic mass is 10.1. The van der Waals surface area contributed by atoms with Gasteiger partial charge in [0.2, 0.25) is 5.91 Å². The zero-order valence-corrected chi connectivity index (χ0v) is 14.0. The molecule has 1 aliphatic rings. The molecule has 0 saturated carbocycles. The molecule has 0 unspecified atom stereocenters. The van der Waals surface area contributed by atoms with Crippen molar-refractivity contribution in [2.24, 2.45) is 0 Å². The van der Waals surface area contributed by atoms with E-state index in [0.29, 0.717) is 12.0 Å². The average molecular weight is 349 g/mol. The molecule has 1 aromatic carbocycles. The van der Waals surface area contributed by atoms with Gasteiger partial charge in [-0.3, -0.25) is 24.6 Å². The minimum absolute atomic E-state index is 0.0417. The number of nitrogens with zero attached hydrogens (tertiary/aromatic N) is 3. The third-order valence-corrected chi connectivity index (χ3v) is 3.85. The largest absolute Gasteiger partial charge is 0.458 e. The lowest BCUT2D eigenvalue weighted by Gasteiger charge is -2.15. The van der Waals surface area contributed by atoms with Gasteiger partial charge in [0, 0.05) is 32.1 Å². The van der Waals surface area contributed by atoms with Crippen LogP contribution in [0.1, 0.15) is 31.4 Å². The number of ether oxygens (including phenoxy) is 1. The Bertz CT molecular complexity index is 705. The lowest BCUT2D eigenvalue weighted by molar-refractivity contribution is -0.385. The number of likely N-dealkylation sites (N-methyl/N-ethyl adjacent to an activating group) is 1. The molecule has 0 bridgehead atoms. The minimum atomic E-state index is -0.631. The summed E-state index contributed by atoms with van der Waals surface area (Å²) < 4.78 is 5.25. The normalized spacial score (nSPS) is 15.4. The zero-order valence-electron chi connectivity index (χ0n) is 14.0. The fourth-order valence-electron chi connectivity index (χ4n) is 2.49. The first-order valence-corrected chi connectivity index (χ1v) is 7.79. The van der Waals surface area contributed by atoms with Crippen LogP contribution in [0.5, 0.6) is 0 Å². The van der Waals surface area contributed by atoms with Crippen LogP contribution >= 0.6 is 0 Å². The van der Waals surface area contributed by atoms with Gasteiger partial charge in [-0.25, -0.2) is 4.79 Å². The van der Waals surface area contributed by atoms with Crippen molar-refractivity contribution in [3.05, 3.63) is 39.9 Å². The van der Waals surface area contributed by atoms with Gasteiger partial charge in [-0.05, 0) is 18.9 Å². The predicted octanol–water partition coefficient (Wildman–Crippen LogP) is 1.87. The number of hydrogen-bond donors (Lipinski definition) is 0. The maximum atomic E-state index is 11.9. The summed E-state index contributed by atoms with van der Waals surface area (Å²) in [5.41, 5.74) is 0.449. The topological polar surface area (TPSA) is 110 Å². The van der Waals surface area contributed by atoms with Crippen LogP contribution < -0.4 is 0 Å². The number of nitro benzene ring substituents is 1. The molecule has 0 aromatic heterocycles. The molecule has 1 saturated heterocycles. The first kappa shape index (κ1) is 18.4. The van der Waals surface area contributed by atoms with Gasteiger partial charge in [0.25, 0.3) is 5.69 Å². The number of rotatable bonds is 7. The Morgan fingerprint density at radius 1 is 1.40 bits per heavy atom. The van der Waals surface area contributed by atoms with E-state index in [1.54, 1.807) is 13.0 Å². The van der Waals surface area contributed by atoms with E-state index in [-0.39, 0.29) is 37.1 Å². The van der Waals surface area contributed by atoms with Gasteiger partial charge < -0.3 is 9.64 Å². The fraction of sp³-hybridized carbons (Fsp3) is 0.438. The molecule has 1 aromatic rings. The zero-order chi connectivity index (χ0) is 18.6. The summed E-state index contributed by atoms with van der Waals surface area (Å²) >= 11 is 0. The molecule has 0 radical (unpaired) electrons. The molecule has 9 nitrogen and oxygen atoms in total. The van der Waals surface area contributed by atoms with E-state index in [1.165, 1.54) is 30.1 Å². The van der Waals surface area contributed by atoms with Crippen LogP contribution in [0.15, 0.2) is 24.3 Å². The number of urea groups is 1. The van der Waals surface area contributed by atoms with E-state index in [1.807, 2.05) is 0 Å². The van der Waals surface area contributed by atoms with E-state index in [4.69, 9.17) is 4.74 Å². The molecule has 25 heavy (non-hydrogen) atoms. The highest BCUT2D eigenvalue weighted by Gasteiger charge is 2.32. The molecule has 1 fully saturated rings. The highest BCUT2D eigenvalue weighted by Crippen LogP contribution is 2.22. The predicted molar refractivity (Wildman–Crippen MR) is 86.6 cm³/mol. The first-order valence-electron chi connectivity index (χ1n) is 7.79. The molecule has 0 N–H and O–H groups in total. The van der Waals surface area contributed by atoms with Crippen LogP contribution in [0.2, 0.25) is 0 Å². The Labute approximate surface area is 144 Å². The summed E-state index contributed by atoms with van der Waals surface area (Å²) in [5, 5.41) is 10.8. The smallest absolute Gasteiger partial charge is 0.326 e. The summed E-state index contributed by atoms with van der Waals surface area (Å²) in [6.07, 6.45) is -0.292. The second-order valence-electron chi connectivity index (χ2n) is 5.77. The van der Waals surface area contributed by atoms with Crippen molar-refractivity contribution < 1.29 is 24.0 Å². The Kier molecular flexibility index (Phi) is 5.68. The van der Waals surface area contributed by atoms with Crippen LogP contribution in [0.3, 0.4) is 0 Å². The SMILES string of the molecule is C[C@@H](OC(=O)CCCN1C(=O)CN(C)C1=O)c1cccc([N+](=O)[O-])c1.